The van der Waals surface area contributed by atoms with E-state index in [2.05, 4.69) is 20.8 Å². The van der Waals surface area contributed by atoms with E-state index in [0.717, 1.165) is 0 Å². The molecule has 0 fully saturated rings. The Morgan fingerprint density at radius 2 is 1.59 bits per heavy atom. The van der Waals surface area contributed by atoms with Crippen molar-refractivity contribution < 1.29 is 9.53 Å². The number of nitrogens with zero attached hydrogens (tertiary/aromatic N) is 1. The summed E-state index contributed by atoms with van der Waals surface area (Å²) in [4.78, 5) is 16.5. The summed E-state index contributed by atoms with van der Waals surface area (Å²) in [5.41, 5.74) is 0.521. The number of hydrogen-bond acceptors (Lipinski definition) is 4. The third kappa shape index (κ3) is 5.51. The van der Waals surface area contributed by atoms with Crippen LogP contribution in [-0.2, 0) is 4.74 Å². The second-order valence-corrected chi connectivity index (χ2v) is 21.0. The Balaban J connectivity index is 3.07. The Morgan fingerprint density at radius 3 is 2.00 bits per heavy atom. The van der Waals surface area contributed by atoms with Gasteiger partial charge in [-0.15, -0.1) is 0 Å². The van der Waals surface area contributed by atoms with Gasteiger partial charge >= 0.3 is 144 Å². The van der Waals surface area contributed by atoms with Gasteiger partial charge in [-0.25, -0.2) is 0 Å². The Bertz CT molecular complexity index is 426. The van der Waals surface area contributed by atoms with Crippen LogP contribution in [-0.4, -0.2) is 36.4 Å². The molecule has 126 valence electrons. The van der Waals surface area contributed by atoms with Crippen LogP contribution < -0.4 is 3.02 Å². The van der Waals surface area contributed by atoms with Crippen molar-refractivity contribution in [2.45, 2.75) is 72.6 Å². The molecule has 0 amide bonds. The molecular formula is C17H31NO2SSn. The first-order chi connectivity index (χ1) is 10.6. The van der Waals surface area contributed by atoms with Crippen LogP contribution in [0, 0.1) is 0 Å². The summed E-state index contributed by atoms with van der Waals surface area (Å²) < 4.78 is 10.4. The molecule has 0 aliphatic rings. The molecule has 5 heteroatoms. The SMILES string of the molecule is CCC[CH2][Sn]([CH2]CCC)([CH2]CCC)[c]1nc(C(=O)OC)cs1. The van der Waals surface area contributed by atoms with Crippen molar-refractivity contribution in [1.29, 1.82) is 0 Å². The summed E-state index contributed by atoms with van der Waals surface area (Å²) in [5, 5.41) is 1.91. The van der Waals surface area contributed by atoms with Crippen LogP contribution in [0.25, 0.3) is 0 Å². The summed E-state index contributed by atoms with van der Waals surface area (Å²) in [6.07, 6.45) is 7.72. The van der Waals surface area contributed by atoms with Gasteiger partial charge in [-0.1, -0.05) is 0 Å². The van der Waals surface area contributed by atoms with E-state index in [1.165, 1.54) is 62.0 Å². The molecule has 1 aromatic rings. The van der Waals surface area contributed by atoms with Gasteiger partial charge in [0.2, 0.25) is 0 Å². The molecule has 1 aromatic heterocycles. The monoisotopic (exact) mass is 433 g/mol. The average molecular weight is 432 g/mol. The van der Waals surface area contributed by atoms with Gasteiger partial charge in [0, 0.05) is 0 Å². The van der Waals surface area contributed by atoms with Crippen LogP contribution in [0.15, 0.2) is 5.38 Å². The normalized spacial score (nSPS) is 11.6. The van der Waals surface area contributed by atoms with E-state index in [4.69, 9.17) is 9.72 Å². The van der Waals surface area contributed by atoms with E-state index in [0.29, 0.717) is 5.69 Å². The number of aromatic nitrogens is 1. The number of thiazole rings is 1. The van der Waals surface area contributed by atoms with E-state index in [1.54, 1.807) is 11.3 Å². The molecule has 0 bridgehead atoms. The van der Waals surface area contributed by atoms with Crippen LogP contribution in [0.3, 0.4) is 0 Å². The van der Waals surface area contributed by atoms with Crippen molar-refractivity contribution in [3.8, 4) is 0 Å². The van der Waals surface area contributed by atoms with Crippen molar-refractivity contribution >= 4 is 38.7 Å². The first-order valence-corrected chi connectivity index (χ1v) is 17.0. The summed E-state index contributed by atoms with van der Waals surface area (Å²) in [5.74, 6) is -0.288. The fourth-order valence-corrected chi connectivity index (χ4v) is 22.2. The van der Waals surface area contributed by atoms with Crippen molar-refractivity contribution in [1.82, 2.24) is 4.98 Å². The quantitative estimate of drug-likeness (QED) is 0.366. The van der Waals surface area contributed by atoms with Crippen molar-refractivity contribution in [2.24, 2.45) is 0 Å². The first-order valence-electron chi connectivity index (χ1n) is 8.67. The Kier molecular flexibility index (Phi) is 9.64. The molecule has 22 heavy (non-hydrogen) atoms. The van der Waals surface area contributed by atoms with E-state index >= 15 is 0 Å². The van der Waals surface area contributed by atoms with Gasteiger partial charge < -0.3 is 0 Å². The minimum absolute atomic E-state index is 0.288. The third-order valence-electron chi connectivity index (χ3n) is 4.38. The number of rotatable bonds is 11. The molecular weight excluding hydrogens is 401 g/mol. The number of carbonyl (C=O) groups is 1. The van der Waals surface area contributed by atoms with Crippen molar-refractivity contribution in [3.05, 3.63) is 11.1 Å². The van der Waals surface area contributed by atoms with E-state index in [-0.39, 0.29) is 5.97 Å². The number of unbranched alkanes of at least 4 members (excludes halogenated alkanes) is 3. The van der Waals surface area contributed by atoms with Gasteiger partial charge in [0.25, 0.3) is 0 Å². The number of methoxy groups -OCH3 is 1. The molecule has 0 N–H and O–H groups in total. The number of esters is 1. The Morgan fingerprint density at radius 1 is 1.09 bits per heavy atom. The minimum atomic E-state index is -2.46. The van der Waals surface area contributed by atoms with Crippen LogP contribution in [0.2, 0.25) is 13.3 Å². The molecule has 0 saturated heterocycles. The van der Waals surface area contributed by atoms with Gasteiger partial charge in [-0.3, -0.25) is 0 Å². The van der Waals surface area contributed by atoms with Gasteiger partial charge in [0.05, 0.1) is 0 Å². The predicted octanol–water partition coefficient (Wildman–Crippen LogP) is 4.99. The topological polar surface area (TPSA) is 39.2 Å². The summed E-state index contributed by atoms with van der Waals surface area (Å²) in [7, 11) is 1.43. The zero-order valence-corrected chi connectivity index (χ0v) is 18.3. The zero-order valence-electron chi connectivity index (χ0n) is 14.6. The molecule has 3 nitrogen and oxygen atoms in total. The van der Waals surface area contributed by atoms with E-state index < -0.39 is 18.4 Å². The maximum absolute atomic E-state index is 11.7. The van der Waals surface area contributed by atoms with Crippen LogP contribution in [0.4, 0.5) is 0 Å². The molecule has 0 aliphatic carbocycles. The Hall–Kier alpha value is -0.101. The summed E-state index contributed by atoms with van der Waals surface area (Å²) >= 11 is -0.723. The number of hydrogen-bond donors (Lipinski definition) is 0. The van der Waals surface area contributed by atoms with Crippen LogP contribution in [0.1, 0.15) is 69.8 Å². The molecule has 0 aromatic carbocycles. The van der Waals surface area contributed by atoms with Gasteiger partial charge in [0.1, 0.15) is 0 Å². The van der Waals surface area contributed by atoms with E-state index in [1.807, 2.05) is 5.38 Å². The van der Waals surface area contributed by atoms with Crippen LogP contribution in [0.5, 0.6) is 0 Å². The summed E-state index contributed by atoms with van der Waals surface area (Å²) in [6.45, 7) is 6.83. The fourth-order valence-electron chi connectivity index (χ4n) is 2.96. The molecule has 0 radical (unpaired) electrons. The van der Waals surface area contributed by atoms with Crippen molar-refractivity contribution in [3.63, 3.8) is 0 Å². The number of ether oxygens (including phenoxy) is 1. The van der Waals surface area contributed by atoms with Gasteiger partial charge in [0.15, 0.2) is 0 Å². The molecule has 0 saturated carbocycles. The average Bonchev–Trinajstić information content (AvgIpc) is 3.04. The zero-order chi connectivity index (χ0) is 16.4. The second-order valence-electron chi connectivity index (χ2n) is 6.12. The molecule has 0 atom stereocenters. The number of carbonyl (C=O) groups excluding carboxylic acids is 1. The van der Waals surface area contributed by atoms with Gasteiger partial charge in [-0.2, -0.15) is 0 Å². The van der Waals surface area contributed by atoms with Gasteiger partial charge in [-0.05, 0) is 0 Å². The first kappa shape index (κ1) is 19.9. The van der Waals surface area contributed by atoms with E-state index in [9.17, 15) is 4.79 Å². The third-order valence-corrected chi connectivity index (χ3v) is 23.1. The molecule has 1 heterocycles. The molecule has 0 unspecified atom stereocenters. The van der Waals surface area contributed by atoms with Crippen LogP contribution >= 0.6 is 11.3 Å². The summed E-state index contributed by atoms with van der Waals surface area (Å²) in [6, 6.07) is 0. The molecule has 1 rings (SSSR count). The maximum atomic E-state index is 11.7. The second kappa shape index (κ2) is 10.6. The predicted molar refractivity (Wildman–Crippen MR) is 98.0 cm³/mol. The van der Waals surface area contributed by atoms with Crippen molar-refractivity contribution in [2.75, 3.05) is 7.11 Å². The molecule has 0 aliphatic heterocycles. The Labute approximate surface area is 143 Å². The standard InChI is InChI=1S/C5H4NO2S.3C4H9.Sn/c1-8-5(7)4-2-9-3-6-4;3*1-3-4-2;/h2H,1H3;3*1,3-4H2,2H3;. The fraction of sp³-hybridized carbons (Fsp3) is 0.765. The molecule has 0 spiro atoms.